The van der Waals surface area contributed by atoms with Crippen LogP contribution in [0.25, 0.3) is 0 Å². The molecule has 1 heteroatoms. The Hall–Kier alpha value is -0.300. The molecule has 0 aromatic rings. The van der Waals surface area contributed by atoms with E-state index in [0.29, 0.717) is 0 Å². The summed E-state index contributed by atoms with van der Waals surface area (Å²) >= 11 is 0. The van der Waals surface area contributed by atoms with Crippen LogP contribution in [-0.4, -0.2) is 13.1 Å². The molecule has 0 saturated heterocycles. The highest BCUT2D eigenvalue weighted by Gasteiger charge is 1.97. The molecule has 0 atom stereocenters. The first-order valence-electron chi connectivity index (χ1n) is 2.87. The summed E-state index contributed by atoms with van der Waals surface area (Å²) in [6, 6.07) is 0. The Kier molecular flexibility index (Phi) is 1.47. The first-order chi connectivity index (χ1) is 3.39. The lowest BCUT2D eigenvalue weighted by Crippen LogP contribution is -2.85. The number of hydrogen-bond acceptors (Lipinski definition) is 0. The molecule has 7 heavy (non-hydrogen) atoms. The van der Waals surface area contributed by atoms with Crippen molar-refractivity contribution in [3.05, 3.63) is 11.6 Å². The molecule has 0 spiro atoms. The molecule has 1 aliphatic heterocycles. The van der Waals surface area contributed by atoms with Crippen LogP contribution in [0.5, 0.6) is 0 Å². The van der Waals surface area contributed by atoms with Crippen molar-refractivity contribution in [2.24, 2.45) is 0 Å². The SMILES string of the molecule is CC1=CC[NH2+]CC1. The third-order valence-corrected chi connectivity index (χ3v) is 1.38. The summed E-state index contributed by atoms with van der Waals surface area (Å²) in [6.07, 6.45) is 3.59. The van der Waals surface area contributed by atoms with Gasteiger partial charge in [0.05, 0.1) is 13.1 Å². The predicted octanol–water partition coefficient (Wildman–Crippen LogP) is -0.100. The maximum atomic E-state index is 2.33. The maximum Gasteiger partial charge on any atom is 0.0945 e. The van der Waals surface area contributed by atoms with Gasteiger partial charge >= 0.3 is 0 Å². The lowest BCUT2D eigenvalue weighted by Gasteiger charge is -2.05. The average Bonchev–Trinajstić information content (AvgIpc) is 1.69. The highest BCUT2D eigenvalue weighted by Crippen LogP contribution is 1.96. The summed E-state index contributed by atoms with van der Waals surface area (Å²) in [5.41, 5.74) is 1.56. The fourth-order valence-corrected chi connectivity index (χ4v) is 0.834. The van der Waals surface area contributed by atoms with Crippen LogP contribution in [0.4, 0.5) is 0 Å². The van der Waals surface area contributed by atoms with Gasteiger partial charge in [-0.1, -0.05) is 5.57 Å². The summed E-state index contributed by atoms with van der Waals surface area (Å²) in [5, 5.41) is 2.33. The zero-order valence-corrected chi connectivity index (χ0v) is 4.78. The van der Waals surface area contributed by atoms with E-state index in [1.165, 1.54) is 19.5 Å². The van der Waals surface area contributed by atoms with Gasteiger partial charge in [0, 0.05) is 6.42 Å². The Morgan fingerprint density at radius 3 is 2.86 bits per heavy atom. The summed E-state index contributed by atoms with van der Waals surface area (Å²) in [4.78, 5) is 0. The summed E-state index contributed by atoms with van der Waals surface area (Å²) in [6.45, 7) is 4.70. The first kappa shape index (κ1) is 4.85. The van der Waals surface area contributed by atoms with Crippen LogP contribution in [0.2, 0.25) is 0 Å². The third-order valence-electron chi connectivity index (χ3n) is 1.38. The number of hydrogen-bond donors (Lipinski definition) is 1. The smallest absolute Gasteiger partial charge is 0.0945 e. The van der Waals surface area contributed by atoms with E-state index >= 15 is 0 Å². The zero-order valence-electron chi connectivity index (χ0n) is 4.78. The molecule has 2 N–H and O–H groups in total. The molecular formula is C6H12N+. The second kappa shape index (κ2) is 2.12. The molecule has 0 aromatic heterocycles. The van der Waals surface area contributed by atoms with Crippen LogP contribution in [0, 0.1) is 0 Å². The first-order valence-corrected chi connectivity index (χ1v) is 2.87. The highest BCUT2D eigenvalue weighted by atomic mass is 14.8. The van der Waals surface area contributed by atoms with Crippen molar-refractivity contribution in [1.82, 2.24) is 0 Å². The molecule has 1 rings (SSSR count). The van der Waals surface area contributed by atoms with E-state index < -0.39 is 0 Å². The lowest BCUT2D eigenvalue weighted by molar-refractivity contribution is -0.648. The van der Waals surface area contributed by atoms with E-state index in [4.69, 9.17) is 0 Å². The highest BCUT2D eigenvalue weighted by molar-refractivity contribution is 4.98. The van der Waals surface area contributed by atoms with E-state index in [0.717, 1.165) is 0 Å². The van der Waals surface area contributed by atoms with Gasteiger partial charge in [-0.2, -0.15) is 0 Å². The van der Waals surface area contributed by atoms with Crippen LogP contribution in [-0.2, 0) is 0 Å². The number of rotatable bonds is 0. The Balaban J connectivity index is 2.40. The topological polar surface area (TPSA) is 16.6 Å². The van der Waals surface area contributed by atoms with Crippen LogP contribution in [0.3, 0.4) is 0 Å². The molecule has 0 fully saturated rings. The van der Waals surface area contributed by atoms with Gasteiger partial charge in [0.25, 0.3) is 0 Å². The Morgan fingerprint density at radius 2 is 2.57 bits per heavy atom. The largest absolute Gasteiger partial charge is 0.343 e. The minimum Gasteiger partial charge on any atom is -0.343 e. The van der Waals surface area contributed by atoms with Gasteiger partial charge in [-0.15, -0.1) is 0 Å². The molecule has 0 saturated carbocycles. The Labute approximate surface area is 44.4 Å². The molecule has 0 aliphatic carbocycles. The van der Waals surface area contributed by atoms with Gasteiger partial charge in [-0.05, 0) is 13.0 Å². The molecule has 1 nitrogen and oxygen atoms in total. The van der Waals surface area contributed by atoms with Crippen LogP contribution in [0.1, 0.15) is 13.3 Å². The minimum atomic E-state index is 1.20. The molecule has 1 aliphatic rings. The molecule has 0 aromatic carbocycles. The van der Waals surface area contributed by atoms with Gasteiger partial charge in [0.1, 0.15) is 0 Å². The van der Waals surface area contributed by atoms with Gasteiger partial charge < -0.3 is 5.32 Å². The molecule has 0 unspecified atom stereocenters. The summed E-state index contributed by atoms with van der Waals surface area (Å²) in [5.74, 6) is 0. The van der Waals surface area contributed by atoms with E-state index in [1.54, 1.807) is 5.57 Å². The Bertz CT molecular complexity index is 84.2. The normalized spacial score (nSPS) is 21.6. The molecule has 1 heterocycles. The predicted molar refractivity (Wildman–Crippen MR) is 30.0 cm³/mol. The van der Waals surface area contributed by atoms with Crippen molar-refractivity contribution in [3.63, 3.8) is 0 Å². The molecule has 40 valence electrons. The van der Waals surface area contributed by atoms with Crippen molar-refractivity contribution >= 4 is 0 Å². The van der Waals surface area contributed by atoms with Gasteiger partial charge in [0.2, 0.25) is 0 Å². The third kappa shape index (κ3) is 1.32. The second-order valence-electron chi connectivity index (χ2n) is 2.11. The minimum absolute atomic E-state index is 1.20. The fourth-order valence-electron chi connectivity index (χ4n) is 0.834. The number of quaternary nitrogens is 1. The fraction of sp³-hybridized carbons (Fsp3) is 0.667. The second-order valence-corrected chi connectivity index (χ2v) is 2.11. The maximum absolute atomic E-state index is 2.33. The van der Waals surface area contributed by atoms with Gasteiger partial charge in [0.15, 0.2) is 0 Å². The van der Waals surface area contributed by atoms with E-state index in [2.05, 4.69) is 18.3 Å². The average molecular weight is 98.2 g/mol. The lowest BCUT2D eigenvalue weighted by atomic mass is 10.1. The van der Waals surface area contributed by atoms with Gasteiger partial charge in [-0.3, -0.25) is 0 Å². The van der Waals surface area contributed by atoms with Crippen LogP contribution < -0.4 is 5.32 Å². The quantitative estimate of drug-likeness (QED) is 0.407. The van der Waals surface area contributed by atoms with Crippen LogP contribution >= 0.6 is 0 Å². The zero-order chi connectivity index (χ0) is 5.11. The monoisotopic (exact) mass is 98.1 g/mol. The van der Waals surface area contributed by atoms with E-state index in [-0.39, 0.29) is 0 Å². The van der Waals surface area contributed by atoms with Crippen molar-refractivity contribution in [2.75, 3.05) is 13.1 Å². The summed E-state index contributed by atoms with van der Waals surface area (Å²) in [7, 11) is 0. The standard InChI is InChI=1S/C6H11N/c1-6-2-4-7-5-3-6/h2,7H,3-5H2,1H3/p+1. The Morgan fingerprint density at radius 1 is 1.71 bits per heavy atom. The number of nitrogens with two attached hydrogens (primary N) is 1. The van der Waals surface area contributed by atoms with Crippen molar-refractivity contribution in [3.8, 4) is 0 Å². The summed E-state index contributed by atoms with van der Waals surface area (Å²) < 4.78 is 0. The van der Waals surface area contributed by atoms with E-state index in [9.17, 15) is 0 Å². The van der Waals surface area contributed by atoms with Crippen molar-refractivity contribution < 1.29 is 5.32 Å². The van der Waals surface area contributed by atoms with Crippen LogP contribution in [0.15, 0.2) is 11.6 Å². The molecule has 0 amide bonds. The molecular weight excluding hydrogens is 86.1 g/mol. The molecule has 0 bridgehead atoms. The molecule has 0 radical (unpaired) electrons. The van der Waals surface area contributed by atoms with Gasteiger partial charge in [-0.25, -0.2) is 0 Å². The van der Waals surface area contributed by atoms with E-state index in [1.807, 2.05) is 0 Å². The van der Waals surface area contributed by atoms with Crippen molar-refractivity contribution in [1.29, 1.82) is 0 Å². The van der Waals surface area contributed by atoms with Crippen molar-refractivity contribution in [2.45, 2.75) is 13.3 Å².